The highest BCUT2D eigenvalue weighted by molar-refractivity contribution is 7.80. The molecule has 1 aliphatic carbocycles. The minimum absolute atomic E-state index is 0.192. The van der Waals surface area contributed by atoms with E-state index >= 15 is 0 Å². The zero-order valence-electron chi connectivity index (χ0n) is 6.04. The van der Waals surface area contributed by atoms with Crippen molar-refractivity contribution in [1.29, 1.82) is 0 Å². The second kappa shape index (κ2) is 3.04. The largest absolute Gasteiger partial charge is 0.392 e. The molecule has 1 atom stereocenters. The quantitative estimate of drug-likeness (QED) is 0.513. The Labute approximate surface area is 70.3 Å². The van der Waals surface area contributed by atoms with Crippen LogP contribution in [0.25, 0.3) is 0 Å². The van der Waals surface area contributed by atoms with E-state index in [1.54, 1.807) is 0 Å². The lowest BCUT2D eigenvalue weighted by molar-refractivity contribution is 0.247. The van der Waals surface area contributed by atoms with Gasteiger partial charge in [0.25, 0.3) is 0 Å². The molecule has 4 nitrogen and oxygen atoms in total. The van der Waals surface area contributed by atoms with Crippen LogP contribution in [0.4, 0.5) is 4.79 Å². The van der Waals surface area contributed by atoms with Gasteiger partial charge in [0, 0.05) is 0 Å². The van der Waals surface area contributed by atoms with E-state index in [4.69, 9.17) is 23.7 Å². The maximum Gasteiger partial charge on any atom is 0.312 e. The van der Waals surface area contributed by atoms with E-state index in [1.807, 2.05) is 0 Å². The molecule has 0 aromatic rings. The second-order valence-electron chi connectivity index (χ2n) is 2.73. The van der Waals surface area contributed by atoms with Crippen molar-refractivity contribution in [1.82, 2.24) is 5.32 Å². The average molecular weight is 173 g/mol. The molecule has 1 rings (SSSR count). The molecule has 0 aliphatic heterocycles. The maximum absolute atomic E-state index is 10.4. The number of hydrogen-bond donors (Lipinski definition) is 3. The van der Waals surface area contributed by atoms with Gasteiger partial charge in [-0.1, -0.05) is 12.2 Å². The Kier molecular flexibility index (Phi) is 2.28. The summed E-state index contributed by atoms with van der Waals surface area (Å²) >= 11 is 4.76. The second-order valence-corrected chi connectivity index (χ2v) is 3.20. The Morgan fingerprint density at radius 3 is 2.36 bits per heavy atom. The number of nitrogens with two attached hydrogens (primary N) is 2. The van der Waals surface area contributed by atoms with E-state index in [2.05, 4.69) is 5.32 Å². The van der Waals surface area contributed by atoms with Crippen LogP contribution < -0.4 is 16.8 Å². The lowest BCUT2D eigenvalue weighted by atomic mass is 10.2. The highest BCUT2D eigenvalue weighted by atomic mass is 32.1. The molecule has 0 radical (unpaired) electrons. The van der Waals surface area contributed by atoms with E-state index in [-0.39, 0.29) is 6.04 Å². The SMILES string of the molecule is NC(=O)NC(C(N)=S)C1CC1. The third-order valence-electron chi connectivity index (χ3n) is 1.70. The first-order chi connectivity index (χ1) is 5.11. The highest BCUT2D eigenvalue weighted by Crippen LogP contribution is 2.32. The number of hydrogen-bond acceptors (Lipinski definition) is 2. The van der Waals surface area contributed by atoms with E-state index in [1.165, 1.54) is 0 Å². The topological polar surface area (TPSA) is 81.1 Å². The van der Waals surface area contributed by atoms with Crippen LogP contribution in [0.5, 0.6) is 0 Å². The Bertz CT molecular complexity index is 190. The number of primary amides is 1. The lowest BCUT2D eigenvalue weighted by Crippen LogP contribution is -2.47. The van der Waals surface area contributed by atoms with Crippen LogP contribution in [0.3, 0.4) is 0 Å². The van der Waals surface area contributed by atoms with Crippen molar-refractivity contribution in [3.05, 3.63) is 0 Å². The lowest BCUT2D eigenvalue weighted by Gasteiger charge is -2.14. The van der Waals surface area contributed by atoms with Crippen LogP contribution >= 0.6 is 12.2 Å². The first kappa shape index (κ1) is 8.26. The maximum atomic E-state index is 10.4. The van der Waals surface area contributed by atoms with Crippen molar-refractivity contribution in [2.24, 2.45) is 17.4 Å². The Morgan fingerprint density at radius 1 is 1.55 bits per heavy atom. The normalized spacial score (nSPS) is 18.9. The van der Waals surface area contributed by atoms with Crippen molar-refractivity contribution >= 4 is 23.2 Å². The standard InChI is InChI=1S/C6H11N3OS/c7-5(11)4(3-1-2-3)9-6(8)10/h3-4H,1-2H2,(H2,7,11)(H3,8,9,10). The molecule has 0 heterocycles. The fraction of sp³-hybridized carbons (Fsp3) is 0.667. The fourth-order valence-electron chi connectivity index (χ4n) is 1.00. The molecule has 0 bridgehead atoms. The predicted octanol–water partition coefficient (Wildman–Crippen LogP) is -0.281. The van der Waals surface area contributed by atoms with E-state index in [9.17, 15) is 4.79 Å². The van der Waals surface area contributed by atoms with Gasteiger partial charge in [-0.05, 0) is 18.8 Å². The first-order valence-corrected chi connectivity index (χ1v) is 3.87. The van der Waals surface area contributed by atoms with E-state index in [0.29, 0.717) is 10.9 Å². The summed E-state index contributed by atoms with van der Waals surface area (Å²) in [6.45, 7) is 0. The first-order valence-electron chi connectivity index (χ1n) is 3.46. The van der Waals surface area contributed by atoms with Gasteiger partial charge >= 0.3 is 6.03 Å². The Hall–Kier alpha value is -0.840. The number of carbonyl (C=O) groups is 1. The third-order valence-corrected chi connectivity index (χ3v) is 1.95. The van der Waals surface area contributed by atoms with Crippen molar-refractivity contribution < 1.29 is 4.79 Å². The van der Waals surface area contributed by atoms with Gasteiger partial charge in [-0.25, -0.2) is 4.79 Å². The molecule has 5 heteroatoms. The van der Waals surface area contributed by atoms with Gasteiger partial charge in [0.1, 0.15) is 0 Å². The third kappa shape index (κ3) is 2.34. The van der Waals surface area contributed by atoms with Gasteiger partial charge in [0.2, 0.25) is 0 Å². The van der Waals surface area contributed by atoms with Gasteiger partial charge in [0.15, 0.2) is 0 Å². The number of urea groups is 1. The van der Waals surface area contributed by atoms with Crippen LogP contribution in [0.15, 0.2) is 0 Å². The van der Waals surface area contributed by atoms with Crippen LogP contribution in [-0.4, -0.2) is 17.1 Å². The molecule has 11 heavy (non-hydrogen) atoms. The zero-order valence-corrected chi connectivity index (χ0v) is 6.86. The molecule has 0 aromatic heterocycles. The van der Waals surface area contributed by atoms with Gasteiger partial charge in [0.05, 0.1) is 11.0 Å². The minimum Gasteiger partial charge on any atom is -0.392 e. The summed E-state index contributed by atoms with van der Waals surface area (Å²) in [7, 11) is 0. The average Bonchev–Trinajstić information content (AvgIpc) is 2.63. The van der Waals surface area contributed by atoms with Crippen LogP contribution in [0.1, 0.15) is 12.8 Å². The van der Waals surface area contributed by atoms with Crippen molar-refractivity contribution in [2.45, 2.75) is 18.9 Å². The molecule has 1 saturated carbocycles. The Morgan fingerprint density at radius 2 is 2.09 bits per heavy atom. The van der Waals surface area contributed by atoms with Gasteiger partial charge in [-0.3, -0.25) is 0 Å². The number of rotatable bonds is 3. The van der Waals surface area contributed by atoms with Gasteiger partial charge in [-0.2, -0.15) is 0 Å². The molecular formula is C6H11N3OS. The van der Waals surface area contributed by atoms with Gasteiger partial charge in [-0.15, -0.1) is 0 Å². The van der Waals surface area contributed by atoms with Crippen molar-refractivity contribution in [2.75, 3.05) is 0 Å². The number of thiocarbonyl (C=S) groups is 1. The zero-order chi connectivity index (χ0) is 8.43. The molecule has 1 unspecified atom stereocenters. The summed E-state index contributed by atoms with van der Waals surface area (Å²) in [5.41, 5.74) is 10.3. The number of carbonyl (C=O) groups excluding carboxylic acids is 1. The van der Waals surface area contributed by atoms with Crippen LogP contribution in [0.2, 0.25) is 0 Å². The van der Waals surface area contributed by atoms with Gasteiger partial charge < -0.3 is 16.8 Å². The molecule has 0 aromatic carbocycles. The molecular weight excluding hydrogens is 162 g/mol. The molecule has 1 fully saturated rings. The van der Waals surface area contributed by atoms with Crippen LogP contribution in [-0.2, 0) is 0 Å². The van der Waals surface area contributed by atoms with E-state index < -0.39 is 6.03 Å². The summed E-state index contributed by atoms with van der Waals surface area (Å²) in [6, 6.07) is -0.753. The monoisotopic (exact) mass is 173 g/mol. The highest BCUT2D eigenvalue weighted by Gasteiger charge is 2.33. The Balaban J connectivity index is 2.45. The van der Waals surface area contributed by atoms with E-state index in [0.717, 1.165) is 12.8 Å². The number of nitrogens with one attached hydrogen (secondary N) is 1. The molecule has 2 amide bonds. The summed E-state index contributed by atoms with van der Waals surface area (Å²) < 4.78 is 0. The molecule has 0 spiro atoms. The van der Waals surface area contributed by atoms with Crippen molar-refractivity contribution in [3.8, 4) is 0 Å². The molecule has 0 saturated heterocycles. The smallest absolute Gasteiger partial charge is 0.312 e. The number of amides is 2. The summed E-state index contributed by atoms with van der Waals surface area (Å²) in [6.07, 6.45) is 2.14. The molecule has 5 N–H and O–H groups in total. The summed E-state index contributed by atoms with van der Waals surface area (Å²) in [4.78, 5) is 10.8. The summed E-state index contributed by atoms with van der Waals surface area (Å²) in [5.74, 6) is 0.417. The van der Waals surface area contributed by atoms with Crippen molar-refractivity contribution in [3.63, 3.8) is 0 Å². The van der Waals surface area contributed by atoms with Crippen LogP contribution in [0, 0.1) is 5.92 Å². The predicted molar refractivity (Wildman–Crippen MR) is 46.0 cm³/mol. The fourth-order valence-corrected chi connectivity index (χ4v) is 1.26. The minimum atomic E-state index is -0.560. The summed E-state index contributed by atoms with van der Waals surface area (Å²) in [5, 5.41) is 2.51. The molecule has 62 valence electrons. The molecule has 1 aliphatic rings.